The monoisotopic (exact) mass is 355 g/mol. The second kappa shape index (κ2) is 7.57. The standard InChI is InChI=1S/C18H21N5O3/c1-12(24)22-15-10-13(4-7-19-15)16(25)21-11-14-5-8-20-17(23-14)18(2)6-3-9-26-18/h4-5,7-8,10H,3,6,9,11H2,1-2H3,(H,21,25)(H,19,22,24)/t18-/m1/s1. The van der Waals surface area contributed by atoms with Crippen molar-refractivity contribution in [3.05, 3.63) is 47.7 Å². The van der Waals surface area contributed by atoms with E-state index in [-0.39, 0.29) is 18.4 Å². The molecular formula is C18H21N5O3. The van der Waals surface area contributed by atoms with Crippen LogP contribution in [0.5, 0.6) is 0 Å². The molecule has 3 heterocycles. The highest BCUT2D eigenvalue weighted by molar-refractivity contribution is 5.96. The number of pyridine rings is 1. The van der Waals surface area contributed by atoms with Crippen LogP contribution in [0.1, 0.15) is 48.6 Å². The summed E-state index contributed by atoms with van der Waals surface area (Å²) in [4.78, 5) is 36.3. The van der Waals surface area contributed by atoms with Crippen molar-refractivity contribution in [3.63, 3.8) is 0 Å². The van der Waals surface area contributed by atoms with Crippen LogP contribution in [0.2, 0.25) is 0 Å². The van der Waals surface area contributed by atoms with E-state index in [0.717, 1.165) is 12.8 Å². The van der Waals surface area contributed by atoms with Crippen molar-refractivity contribution >= 4 is 17.6 Å². The van der Waals surface area contributed by atoms with E-state index in [2.05, 4.69) is 25.6 Å². The summed E-state index contributed by atoms with van der Waals surface area (Å²) in [5.41, 5.74) is 0.651. The van der Waals surface area contributed by atoms with Crippen molar-refractivity contribution in [2.24, 2.45) is 0 Å². The first-order chi connectivity index (χ1) is 12.5. The van der Waals surface area contributed by atoms with Gasteiger partial charge < -0.3 is 15.4 Å². The second-order valence-electron chi connectivity index (χ2n) is 6.35. The third kappa shape index (κ3) is 4.20. The lowest BCUT2D eigenvalue weighted by Crippen LogP contribution is -2.26. The van der Waals surface area contributed by atoms with Crippen molar-refractivity contribution in [3.8, 4) is 0 Å². The van der Waals surface area contributed by atoms with E-state index >= 15 is 0 Å². The number of anilines is 1. The maximum absolute atomic E-state index is 12.3. The van der Waals surface area contributed by atoms with E-state index in [9.17, 15) is 9.59 Å². The first kappa shape index (κ1) is 17.9. The maximum atomic E-state index is 12.3. The molecule has 1 aliphatic rings. The molecule has 1 aliphatic heterocycles. The summed E-state index contributed by atoms with van der Waals surface area (Å²) in [5, 5.41) is 5.37. The molecule has 0 radical (unpaired) electrons. The number of carbonyl (C=O) groups is 2. The van der Waals surface area contributed by atoms with E-state index in [0.29, 0.717) is 29.5 Å². The average Bonchev–Trinajstić information content (AvgIpc) is 3.07. The zero-order valence-electron chi connectivity index (χ0n) is 14.8. The van der Waals surface area contributed by atoms with E-state index in [4.69, 9.17) is 4.74 Å². The number of amides is 2. The highest BCUT2D eigenvalue weighted by atomic mass is 16.5. The van der Waals surface area contributed by atoms with Crippen LogP contribution in [-0.4, -0.2) is 33.4 Å². The minimum atomic E-state index is -0.460. The number of ether oxygens (including phenoxy) is 1. The zero-order valence-corrected chi connectivity index (χ0v) is 14.8. The Morgan fingerprint density at radius 2 is 2.08 bits per heavy atom. The van der Waals surface area contributed by atoms with Crippen LogP contribution in [0.3, 0.4) is 0 Å². The van der Waals surface area contributed by atoms with Gasteiger partial charge in [0, 0.05) is 31.5 Å². The van der Waals surface area contributed by atoms with Crippen LogP contribution >= 0.6 is 0 Å². The molecule has 3 rings (SSSR count). The summed E-state index contributed by atoms with van der Waals surface area (Å²) >= 11 is 0. The molecule has 2 N–H and O–H groups in total. The predicted octanol–water partition coefficient (Wildman–Crippen LogP) is 1.79. The Kier molecular flexibility index (Phi) is 5.22. The summed E-state index contributed by atoms with van der Waals surface area (Å²) in [6, 6.07) is 4.87. The summed E-state index contributed by atoms with van der Waals surface area (Å²) < 4.78 is 5.77. The number of nitrogens with one attached hydrogen (secondary N) is 2. The van der Waals surface area contributed by atoms with Gasteiger partial charge in [-0.3, -0.25) is 9.59 Å². The SMILES string of the molecule is CC(=O)Nc1cc(C(=O)NCc2ccnc([C@@]3(C)CCCO3)n2)ccn1. The third-order valence-corrected chi connectivity index (χ3v) is 4.16. The molecule has 2 aromatic heterocycles. The topological polar surface area (TPSA) is 106 Å². The van der Waals surface area contributed by atoms with Gasteiger partial charge in [0.2, 0.25) is 5.91 Å². The normalized spacial score (nSPS) is 19.2. The number of hydrogen-bond acceptors (Lipinski definition) is 6. The molecule has 136 valence electrons. The largest absolute Gasteiger partial charge is 0.367 e. The minimum absolute atomic E-state index is 0.244. The van der Waals surface area contributed by atoms with Crippen molar-refractivity contribution in [2.75, 3.05) is 11.9 Å². The molecule has 0 bridgehead atoms. The number of rotatable bonds is 5. The Balaban J connectivity index is 1.65. The van der Waals surface area contributed by atoms with Gasteiger partial charge in [-0.1, -0.05) is 0 Å². The van der Waals surface area contributed by atoms with Gasteiger partial charge in [0.25, 0.3) is 5.91 Å². The molecule has 26 heavy (non-hydrogen) atoms. The molecule has 8 heteroatoms. The summed E-state index contributed by atoms with van der Waals surface area (Å²) in [5.74, 6) is 0.452. The lowest BCUT2D eigenvalue weighted by atomic mass is 10.0. The smallest absolute Gasteiger partial charge is 0.251 e. The Labute approximate surface area is 151 Å². The van der Waals surface area contributed by atoms with Crippen LogP contribution in [-0.2, 0) is 21.7 Å². The third-order valence-electron chi connectivity index (χ3n) is 4.16. The van der Waals surface area contributed by atoms with Crippen molar-refractivity contribution in [2.45, 2.75) is 38.8 Å². The fourth-order valence-electron chi connectivity index (χ4n) is 2.80. The van der Waals surface area contributed by atoms with E-state index in [1.54, 1.807) is 18.3 Å². The molecule has 2 aromatic rings. The van der Waals surface area contributed by atoms with E-state index in [1.165, 1.54) is 19.2 Å². The summed E-state index contributed by atoms with van der Waals surface area (Å²) in [6.07, 6.45) is 5.02. The molecule has 0 unspecified atom stereocenters. The van der Waals surface area contributed by atoms with E-state index < -0.39 is 5.60 Å². The molecule has 0 aliphatic carbocycles. The average molecular weight is 355 g/mol. The molecular weight excluding hydrogens is 334 g/mol. The van der Waals surface area contributed by atoms with Gasteiger partial charge in [-0.25, -0.2) is 15.0 Å². The Bertz CT molecular complexity index is 818. The number of carbonyl (C=O) groups excluding carboxylic acids is 2. The second-order valence-corrected chi connectivity index (χ2v) is 6.35. The van der Waals surface area contributed by atoms with Crippen LogP contribution < -0.4 is 10.6 Å². The van der Waals surface area contributed by atoms with Crippen LogP contribution in [0.25, 0.3) is 0 Å². The summed E-state index contributed by atoms with van der Waals surface area (Å²) in [7, 11) is 0. The van der Waals surface area contributed by atoms with Crippen molar-refractivity contribution in [1.29, 1.82) is 0 Å². The number of hydrogen-bond donors (Lipinski definition) is 2. The molecule has 2 amide bonds. The Hall–Kier alpha value is -2.87. The van der Waals surface area contributed by atoms with Gasteiger partial charge in [0.15, 0.2) is 5.82 Å². The molecule has 1 saturated heterocycles. The lowest BCUT2D eigenvalue weighted by molar-refractivity contribution is -0.114. The van der Waals surface area contributed by atoms with Crippen molar-refractivity contribution in [1.82, 2.24) is 20.3 Å². The first-order valence-corrected chi connectivity index (χ1v) is 8.44. The van der Waals surface area contributed by atoms with Crippen molar-refractivity contribution < 1.29 is 14.3 Å². The van der Waals surface area contributed by atoms with Gasteiger partial charge in [-0.2, -0.15) is 0 Å². The van der Waals surface area contributed by atoms with Gasteiger partial charge in [-0.05, 0) is 38.0 Å². The zero-order chi connectivity index (χ0) is 18.6. The molecule has 0 spiro atoms. The van der Waals surface area contributed by atoms with Gasteiger partial charge >= 0.3 is 0 Å². The quantitative estimate of drug-likeness (QED) is 0.847. The molecule has 0 saturated carbocycles. The Morgan fingerprint density at radius 3 is 2.81 bits per heavy atom. The first-order valence-electron chi connectivity index (χ1n) is 8.44. The molecule has 1 fully saturated rings. The van der Waals surface area contributed by atoms with E-state index in [1.807, 2.05) is 6.92 Å². The Morgan fingerprint density at radius 1 is 1.27 bits per heavy atom. The molecule has 8 nitrogen and oxygen atoms in total. The highest BCUT2D eigenvalue weighted by Gasteiger charge is 2.34. The minimum Gasteiger partial charge on any atom is -0.367 e. The fourth-order valence-corrected chi connectivity index (χ4v) is 2.80. The number of nitrogens with zero attached hydrogens (tertiary/aromatic N) is 3. The number of aromatic nitrogens is 3. The lowest BCUT2D eigenvalue weighted by Gasteiger charge is -2.21. The predicted molar refractivity (Wildman–Crippen MR) is 94.3 cm³/mol. The highest BCUT2D eigenvalue weighted by Crippen LogP contribution is 2.33. The fraction of sp³-hybridized carbons (Fsp3) is 0.389. The molecule has 1 atom stereocenters. The van der Waals surface area contributed by atoms with Gasteiger partial charge in [-0.15, -0.1) is 0 Å². The van der Waals surface area contributed by atoms with Crippen LogP contribution in [0.15, 0.2) is 30.6 Å². The summed E-state index contributed by atoms with van der Waals surface area (Å²) in [6.45, 7) is 4.34. The van der Waals surface area contributed by atoms with Crippen LogP contribution in [0, 0.1) is 0 Å². The molecule has 0 aromatic carbocycles. The maximum Gasteiger partial charge on any atom is 0.251 e. The van der Waals surface area contributed by atoms with Gasteiger partial charge in [0.1, 0.15) is 11.4 Å². The van der Waals surface area contributed by atoms with Crippen LogP contribution in [0.4, 0.5) is 5.82 Å². The van der Waals surface area contributed by atoms with Gasteiger partial charge in [0.05, 0.1) is 12.2 Å².